The molecule has 0 rings (SSSR count). The second-order valence-electron chi connectivity index (χ2n) is 1.17. The van der Waals surface area contributed by atoms with Crippen LogP contribution in [0.3, 0.4) is 0 Å². The average molecular weight is 210 g/mol. The molecule has 12 heavy (non-hydrogen) atoms. The third-order valence-electron chi connectivity index (χ3n) is 0.364. The normalized spacial score (nSPS) is 8.58. The second-order valence-corrected chi connectivity index (χ2v) is 1.17. The molecule has 4 heteroatoms. The zero-order valence-electron chi connectivity index (χ0n) is 8.70. The van der Waals surface area contributed by atoms with Crippen LogP contribution in [0.5, 0.6) is 0 Å². The molecule has 0 heterocycles. The molecule has 0 unspecified atom stereocenters. The maximum atomic E-state index is 5.17. The van der Waals surface area contributed by atoms with Gasteiger partial charge in [0.1, 0.15) is 0 Å². The maximum absolute atomic E-state index is 5.17. The van der Waals surface area contributed by atoms with Gasteiger partial charge in [-0.05, 0) is 6.92 Å². The maximum Gasteiger partial charge on any atom is 0.0853 e. The quantitative estimate of drug-likeness (QED) is 0.512. The van der Waals surface area contributed by atoms with Gasteiger partial charge in [0, 0.05) is 30.5 Å². The van der Waals surface area contributed by atoms with Crippen molar-refractivity contribution in [3.8, 4) is 0 Å². The van der Waals surface area contributed by atoms with Crippen LogP contribution in [0.25, 0.3) is 0 Å². The van der Waals surface area contributed by atoms with Crippen LogP contribution in [0.4, 0.5) is 0 Å². The number of hydrogen-bond donors (Lipinski definition) is 2. The van der Waals surface area contributed by atoms with Crippen molar-refractivity contribution in [2.24, 2.45) is 16.5 Å². The van der Waals surface area contributed by atoms with E-state index in [0.717, 1.165) is 0 Å². The van der Waals surface area contributed by atoms with Gasteiger partial charge < -0.3 is 11.5 Å². The Morgan fingerprint density at radius 1 is 1.17 bits per heavy atom. The van der Waals surface area contributed by atoms with Gasteiger partial charge in [-0.3, -0.25) is 0 Å². The minimum absolute atomic E-state index is 0. The SMILES string of the molecule is C/C(N)=C/N=CN.CC.CC.[V]. The summed E-state index contributed by atoms with van der Waals surface area (Å²) in [6, 6.07) is 0. The largest absolute Gasteiger partial charge is 0.401 e. The molecule has 0 aromatic heterocycles. The predicted octanol–water partition coefficient (Wildman–Crippen LogP) is 1.84. The van der Waals surface area contributed by atoms with E-state index in [1.165, 1.54) is 12.5 Å². The first-order chi connectivity index (χ1) is 5.27. The molecule has 0 aromatic rings. The van der Waals surface area contributed by atoms with E-state index in [-0.39, 0.29) is 18.6 Å². The Bertz CT molecular complexity index is 96.5. The van der Waals surface area contributed by atoms with E-state index in [2.05, 4.69) is 4.99 Å². The summed E-state index contributed by atoms with van der Waals surface area (Å²) in [7, 11) is 0. The summed E-state index contributed by atoms with van der Waals surface area (Å²) in [5, 5.41) is 0. The van der Waals surface area contributed by atoms with Crippen LogP contribution >= 0.6 is 0 Å². The van der Waals surface area contributed by atoms with Crippen molar-refractivity contribution < 1.29 is 18.6 Å². The molecule has 0 fully saturated rings. The number of nitrogens with zero attached hydrogens (tertiary/aromatic N) is 1. The molecule has 0 bridgehead atoms. The van der Waals surface area contributed by atoms with Crippen molar-refractivity contribution in [2.45, 2.75) is 34.6 Å². The second kappa shape index (κ2) is 31.2. The zero-order valence-corrected chi connectivity index (χ0v) is 10.1. The van der Waals surface area contributed by atoms with E-state index < -0.39 is 0 Å². The summed E-state index contributed by atoms with van der Waals surface area (Å²) in [6.07, 6.45) is 2.68. The molecular formula is C8H21N3V. The Hall–Kier alpha value is -0.406. The summed E-state index contributed by atoms with van der Waals surface area (Å²) in [5.41, 5.74) is 10.7. The van der Waals surface area contributed by atoms with E-state index in [0.29, 0.717) is 5.70 Å². The topological polar surface area (TPSA) is 64.4 Å². The van der Waals surface area contributed by atoms with Crippen LogP contribution in [-0.2, 0) is 18.6 Å². The van der Waals surface area contributed by atoms with Crippen LogP contribution in [-0.4, -0.2) is 6.34 Å². The Kier molecular flexibility index (Phi) is 58.6. The van der Waals surface area contributed by atoms with Crippen LogP contribution in [0, 0.1) is 0 Å². The summed E-state index contributed by atoms with van der Waals surface area (Å²) in [5.74, 6) is 0. The van der Waals surface area contributed by atoms with Crippen LogP contribution in [0.15, 0.2) is 16.9 Å². The van der Waals surface area contributed by atoms with E-state index >= 15 is 0 Å². The van der Waals surface area contributed by atoms with E-state index in [9.17, 15) is 0 Å². The van der Waals surface area contributed by atoms with Gasteiger partial charge in [0.2, 0.25) is 0 Å². The van der Waals surface area contributed by atoms with Crippen molar-refractivity contribution in [3.05, 3.63) is 11.9 Å². The van der Waals surface area contributed by atoms with Gasteiger partial charge in [-0.25, -0.2) is 4.99 Å². The molecule has 0 spiro atoms. The monoisotopic (exact) mass is 210 g/mol. The molecule has 0 saturated carbocycles. The molecule has 0 amide bonds. The molecule has 3 nitrogen and oxygen atoms in total. The third kappa shape index (κ3) is 54.9. The minimum atomic E-state index is 0. The van der Waals surface area contributed by atoms with E-state index in [1.807, 2.05) is 27.7 Å². The summed E-state index contributed by atoms with van der Waals surface area (Å²) in [6.45, 7) is 9.74. The summed E-state index contributed by atoms with van der Waals surface area (Å²) < 4.78 is 0. The molecule has 4 N–H and O–H groups in total. The minimum Gasteiger partial charge on any atom is -0.401 e. The van der Waals surface area contributed by atoms with Gasteiger partial charge in [0.25, 0.3) is 0 Å². The first-order valence-corrected chi connectivity index (χ1v) is 3.93. The molecule has 0 aromatic carbocycles. The smallest absolute Gasteiger partial charge is 0.0853 e. The molecule has 0 aliphatic rings. The number of allylic oxidation sites excluding steroid dienone is 1. The van der Waals surface area contributed by atoms with E-state index in [1.54, 1.807) is 6.92 Å². The fraction of sp³-hybridized carbons (Fsp3) is 0.625. The number of hydrogen-bond acceptors (Lipinski definition) is 2. The molecule has 73 valence electrons. The first kappa shape index (κ1) is 22.6. The van der Waals surface area contributed by atoms with Crippen LogP contribution < -0.4 is 11.5 Å². The molecule has 1 radical (unpaired) electrons. The molecule has 0 atom stereocenters. The van der Waals surface area contributed by atoms with Gasteiger partial charge in [-0.15, -0.1) is 0 Å². The summed E-state index contributed by atoms with van der Waals surface area (Å²) >= 11 is 0. The van der Waals surface area contributed by atoms with Gasteiger partial charge in [0.05, 0.1) is 6.34 Å². The van der Waals surface area contributed by atoms with Crippen molar-refractivity contribution in [3.63, 3.8) is 0 Å². The Morgan fingerprint density at radius 3 is 1.58 bits per heavy atom. The number of nitrogens with two attached hydrogens (primary N) is 2. The van der Waals surface area contributed by atoms with E-state index in [4.69, 9.17) is 11.5 Å². The Balaban J connectivity index is -0.0000000560. The van der Waals surface area contributed by atoms with Gasteiger partial charge in [0.15, 0.2) is 0 Å². The summed E-state index contributed by atoms with van der Waals surface area (Å²) in [4.78, 5) is 3.54. The fourth-order valence-electron chi connectivity index (χ4n) is 0.161. The molecule has 0 saturated heterocycles. The van der Waals surface area contributed by atoms with Crippen LogP contribution in [0.2, 0.25) is 0 Å². The number of aliphatic imine (C=N–C) groups is 1. The van der Waals surface area contributed by atoms with Crippen molar-refractivity contribution in [1.82, 2.24) is 0 Å². The molecule has 0 aliphatic heterocycles. The molecule has 0 aliphatic carbocycles. The van der Waals surface area contributed by atoms with Crippen molar-refractivity contribution in [1.29, 1.82) is 0 Å². The fourth-order valence-corrected chi connectivity index (χ4v) is 0.161. The number of rotatable bonds is 1. The standard InChI is InChI=1S/C4H9N3.2C2H6.V/c1-4(6)2-7-3-5;2*1-2;/h2-3H,6H2,1H3,(H2,5,7);2*1-2H3;/b4-2-;;;. The van der Waals surface area contributed by atoms with Crippen molar-refractivity contribution >= 4 is 6.34 Å². The van der Waals surface area contributed by atoms with Gasteiger partial charge in [-0.1, -0.05) is 27.7 Å². The first-order valence-electron chi connectivity index (χ1n) is 3.93. The van der Waals surface area contributed by atoms with Gasteiger partial charge in [-0.2, -0.15) is 0 Å². The average Bonchev–Trinajstić information content (AvgIpc) is 2.08. The Labute approximate surface area is 88.2 Å². The van der Waals surface area contributed by atoms with Crippen molar-refractivity contribution in [2.75, 3.05) is 0 Å². The predicted molar refractivity (Wildman–Crippen MR) is 53.3 cm³/mol. The third-order valence-corrected chi connectivity index (χ3v) is 0.364. The molecular weight excluding hydrogens is 189 g/mol. The van der Waals surface area contributed by atoms with Gasteiger partial charge >= 0.3 is 0 Å². The van der Waals surface area contributed by atoms with Crippen LogP contribution in [0.1, 0.15) is 34.6 Å². The zero-order chi connectivity index (χ0) is 9.70. The Morgan fingerprint density at radius 2 is 1.50 bits per heavy atom.